The van der Waals surface area contributed by atoms with Crippen LogP contribution in [0.3, 0.4) is 0 Å². The third kappa shape index (κ3) is 2.95. The van der Waals surface area contributed by atoms with Gasteiger partial charge < -0.3 is 14.2 Å². The third-order valence-electron chi connectivity index (χ3n) is 2.38. The van der Waals surface area contributed by atoms with Crippen molar-refractivity contribution in [3.05, 3.63) is 23.8 Å². The van der Waals surface area contributed by atoms with E-state index in [2.05, 4.69) is 4.74 Å². The zero-order valence-electron chi connectivity index (χ0n) is 9.80. The van der Waals surface area contributed by atoms with Crippen LogP contribution in [0.15, 0.2) is 18.2 Å². The fourth-order valence-corrected chi connectivity index (χ4v) is 2.18. The van der Waals surface area contributed by atoms with E-state index >= 15 is 0 Å². The van der Waals surface area contributed by atoms with Gasteiger partial charge in [-0.25, -0.2) is 0 Å². The molecule has 1 aromatic carbocycles. The van der Waals surface area contributed by atoms with E-state index in [-0.39, 0.29) is 30.1 Å². The Morgan fingerprint density at radius 3 is 2.83 bits per heavy atom. The Morgan fingerprint density at radius 1 is 1.28 bits per heavy atom. The summed E-state index contributed by atoms with van der Waals surface area (Å²) in [6.07, 6.45) is 0. The van der Waals surface area contributed by atoms with Gasteiger partial charge in [0.2, 0.25) is 6.79 Å². The standard InChI is InChI=1S/C12H12O5S/c1-15-12(14)6-18-5-9(13)8-2-3-10-11(4-8)17-7-16-10/h2-4H,5-7H2,1H3. The zero-order chi connectivity index (χ0) is 13.0. The van der Waals surface area contributed by atoms with Crippen molar-refractivity contribution in [1.82, 2.24) is 0 Å². The van der Waals surface area contributed by atoms with Crippen LogP contribution in [-0.2, 0) is 9.53 Å². The molecular weight excluding hydrogens is 256 g/mol. The predicted molar refractivity (Wildman–Crippen MR) is 66.2 cm³/mol. The number of carbonyl (C=O) groups excluding carboxylic acids is 2. The van der Waals surface area contributed by atoms with Crippen LogP contribution in [-0.4, -0.2) is 37.2 Å². The van der Waals surface area contributed by atoms with Crippen LogP contribution >= 0.6 is 11.8 Å². The fourth-order valence-electron chi connectivity index (χ4n) is 1.44. The summed E-state index contributed by atoms with van der Waals surface area (Å²) < 4.78 is 14.8. The summed E-state index contributed by atoms with van der Waals surface area (Å²) >= 11 is 1.23. The molecule has 1 aliphatic rings. The highest BCUT2D eigenvalue weighted by Crippen LogP contribution is 2.32. The summed E-state index contributed by atoms with van der Waals surface area (Å²) in [5, 5.41) is 0. The van der Waals surface area contributed by atoms with E-state index in [0.717, 1.165) is 0 Å². The van der Waals surface area contributed by atoms with Gasteiger partial charge in [0.15, 0.2) is 17.3 Å². The molecule has 2 rings (SSSR count). The Morgan fingerprint density at radius 2 is 2.06 bits per heavy atom. The molecule has 0 aromatic heterocycles. The van der Waals surface area contributed by atoms with Gasteiger partial charge in [-0.2, -0.15) is 0 Å². The molecular formula is C12H12O5S. The van der Waals surface area contributed by atoms with E-state index < -0.39 is 0 Å². The summed E-state index contributed by atoms with van der Waals surface area (Å²) in [6, 6.07) is 5.05. The number of hydrogen-bond acceptors (Lipinski definition) is 6. The average molecular weight is 268 g/mol. The van der Waals surface area contributed by atoms with Gasteiger partial charge in [0.05, 0.1) is 18.6 Å². The highest BCUT2D eigenvalue weighted by Gasteiger charge is 2.16. The molecule has 0 bridgehead atoms. The molecule has 0 atom stereocenters. The molecule has 0 saturated carbocycles. The van der Waals surface area contributed by atoms with Crippen molar-refractivity contribution in [3.63, 3.8) is 0 Å². The van der Waals surface area contributed by atoms with E-state index in [4.69, 9.17) is 9.47 Å². The van der Waals surface area contributed by atoms with Crippen LogP contribution in [0.2, 0.25) is 0 Å². The Hall–Kier alpha value is -1.69. The molecule has 18 heavy (non-hydrogen) atoms. The largest absolute Gasteiger partial charge is 0.468 e. The van der Waals surface area contributed by atoms with Gasteiger partial charge in [0.1, 0.15) is 0 Å². The number of esters is 1. The average Bonchev–Trinajstić information content (AvgIpc) is 2.85. The molecule has 0 N–H and O–H groups in total. The van der Waals surface area contributed by atoms with Crippen molar-refractivity contribution in [2.75, 3.05) is 25.4 Å². The maximum Gasteiger partial charge on any atom is 0.315 e. The molecule has 1 aliphatic heterocycles. The maximum absolute atomic E-state index is 11.8. The van der Waals surface area contributed by atoms with Crippen LogP contribution in [0.5, 0.6) is 11.5 Å². The SMILES string of the molecule is COC(=O)CSCC(=O)c1ccc2c(c1)OCO2. The summed E-state index contributed by atoms with van der Waals surface area (Å²) in [7, 11) is 1.32. The fraction of sp³-hybridized carbons (Fsp3) is 0.333. The Bertz CT molecular complexity index is 472. The molecule has 0 aliphatic carbocycles. The van der Waals surface area contributed by atoms with Crippen molar-refractivity contribution in [2.24, 2.45) is 0 Å². The molecule has 96 valence electrons. The van der Waals surface area contributed by atoms with E-state index in [0.29, 0.717) is 17.1 Å². The van der Waals surface area contributed by atoms with E-state index in [1.165, 1.54) is 18.9 Å². The molecule has 0 radical (unpaired) electrons. The van der Waals surface area contributed by atoms with Crippen molar-refractivity contribution < 1.29 is 23.8 Å². The van der Waals surface area contributed by atoms with E-state index in [1.54, 1.807) is 18.2 Å². The third-order valence-corrected chi connectivity index (χ3v) is 3.28. The Labute approximate surface area is 108 Å². The van der Waals surface area contributed by atoms with Crippen LogP contribution in [0.25, 0.3) is 0 Å². The second kappa shape index (κ2) is 5.77. The number of rotatable bonds is 5. The number of benzene rings is 1. The number of methoxy groups -OCH3 is 1. The Kier molecular flexibility index (Phi) is 4.09. The normalized spacial score (nSPS) is 12.3. The van der Waals surface area contributed by atoms with Crippen molar-refractivity contribution in [1.29, 1.82) is 0 Å². The van der Waals surface area contributed by atoms with Gasteiger partial charge in [-0.3, -0.25) is 9.59 Å². The topological polar surface area (TPSA) is 61.8 Å². The van der Waals surface area contributed by atoms with Crippen LogP contribution in [0.4, 0.5) is 0 Å². The first-order chi connectivity index (χ1) is 8.70. The van der Waals surface area contributed by atoms with E-state index in [1.807, 2.05) is 0 Å². The van der Waals surface area contributed by atoms with Gasteiger partial charge in [0, 0.05) is 5.56 Å². The molecule has 0 saturated heterocycles. The molecule has 0 fully saturated rings. The maximum atomic E-state index is 11.8. The van der Waals surface area contributed by atoms with Gasteiger partial charge in [-0.1, -0.05) is 0 Å². The minimum atomic E-state index is -0.335. The van der Waals surface area contributed by atoms with Crippen molar-refractivity contribution in [2.45, 2.75) is 0 Å². The quantitative estimate of drug-likeness (QED) is 0.596. The second-order valence-electron chi connectivity index (χ2n) is 3.56. The lowest BCUT2D eigenvalue weighted by Gasteiger charge is -2.02. The lowest BCUT2D eigenvalue weighted by atomic mass is 10.1. The number of fused-ring (bicyclic) bond motifs is 1. The first-order valence-corrected chi connectivity index (χ1v) is 6.43. The smallest absolute Gasteiger partial charge is 0.315 e. The highest BCUT2D eigenvalue weighted by molar-refractivity contribution is 8.00. The summed E-state index contributed by atoms with van der Waals surface area (Å²) in [5.41, 5.74) is 0.552. The summed E-state index contributed by atoms with van der Waals surface area (Å²) in [6.45, 7) is 0.185. The molecule has 0 spiro atoms. The van der Waals surface area contributed by atoms with Crippen LogP contribution in [0.1, 0.15) is 10.4 Å². The van der Waals surface area contributed by atoms with Crippen molar-refractivity contribution >= 4 is 23.5 Å². The molecule has 1 aromatic rings. The number of carbonyl (C=O) groups is 2. The van der Waals surface area contributed by atoms with Crippen molar-refractivity contribution in [3.8, 4) is 11.5 Å². The molecule has 0 unspecified atom stereocenters. The number of hydrogen-bond donors (Lipinski definition) is 0. The highest BCUT2D eigenvalue weighted by atomic mass is 32.2. The second-order valence-corrected chi connectivity index (χ2v) is 4.55. The summed E-state index contributed by atoms with van der Waals surface area (Å²) in [4.78, 5) is 22.7. The number of ketones is 1. The first-order valence-electron chi connectivity index (χ1n) is 5.28. The van der Waals surface area contributed by atoms with Gasteiger partial charge >= 0.3 is 5.97 Å². The Balaban J connectivity index is 1.91. The van der Waals surface area contributed by atoms with Gasteiger partial charge in [-0.05, 0) is 18.2 Å². The predicted octanol–water partition coefficient (Wildman–Crippen LogP) is 1.50. The van der Waals surface area contributed by atoms with Crippen LogP contribution in [0, 0.1) is 0 Å². The molecule has 6 heteroatoms. The zero-order valence-corrected chi connectivity index (χ0v) is 10.6. The minimum absolute atomic E-state index is 0.0535. The molecule has 5 nitrogen and oxygen atoms in total. The number of Topliss-reactive ketones (excluding diaryl/α,β-unsaturated/α-hetero) is 1. The molecule has 0 amide bonds. The van der Waals surface area contributed by atoms with Gasteiger partial charge in [-0.15, -0.1) is 11.8 Å². The van der Waals surface area contributed by atoms with Crippen LogP contribution < -0.4 is 9.47 Å². The first kappa shape index (κ1) is 12.8. The monoisotopic (exact) mass is 268 g/mol. The summed E-state index contributed by atoms with van der Waals surface area (Å²) in [5.74, 6) is 1.25. The lowest BCUT2D eigenvalue weighted by molar-refractivity contribution is -0.137. The minimum Gasteiger partial charge on any atom is -0.468 e. The number of thioether (sulfide) groups is 1. The molecule has 1 heterocycles. The lowest BCUT2D eigenvalue weighted by Crippen LogP contribution is -2.08. The number of ether oxygens (including phenoxy) is 3. The van der Waals surface area contributed by atoms with E-state index in [9.17, 15) is 9.59 Å². The van der Waals surface area contributed by atoms with Gasteiger partial charge in [0.25, 0.3) is 0 Å².